The minimum absolute atomic E-state index is 0.0246. The number of aromatic nitrogens is 4. The Hall–Kier alpha value is -3.00. The number of fused-ring (bicyclic) bond motifs is 1. The zero-order chi connectivity index (χ0) is 20.5. The number of carbonyl (C=O) groups is 1. The number of hydrogen-bond donors (Lipinski definition) is 2. The maximum Gasteiger partial charge on any atom is 0.228 e. The van der Waals surface area contributed by atoms with Crippen molar-refractivity contribution in [1.82, 2.24) is 24.8 Å². The Morgan fingerprint density at radius 2 is 2.10 bits per heavy atom. The highest BCUT2D eigenvalue weighted by Crippen LogP contribution is 2.33. The molecule has 3 aromatic heterocycles. The molecular formula is C21H27N7O. The van der Waals surface area contributed by atoms with E-state index in [0.29, 0.717) is 11.3 Å². The molecule has 2 N–H and O–H groups in total. The molecule has 152 valence electrons. The zero-order valence-electron chi connectivity index (χ0n) is 17.4. The van der Waals surface area contributed by atoms with Crippen molar-refractivity contribution in [3.63, 3.8) is 0 Å². The summed E-state index contributed by atoms with van der Waals surface area (Å²) < 4.78 is 1.94. The summed E-state index contributed by atoms with van der Waals surface area (Å²) >= 11 is 0. The zero-order valence-corrected chi connectivity index (χ0v) is 17.4. The van der Waals surface area contributed by atoms with Gasteiger partial charge < -0.3 is 20.1 Å². The van der Waals surface area contributed by atoms with Crippen molar-refractivity contribution in [3.05, 3.63) is 35.9 Å². The van der Waals surface area contributed by atoms with Crippen LogP contribution >= 0.6 is 0 Å². The highest BCUT2D eigenvalue weighted by molar-refractivity contribution is 6.00. The molecule has 0 aliphatic heterocycles. The van der Waals surface area contributed by atoms with E-state index >= 15 is 0 Å². The van der Waals surface area contributed by atoms with Gasteiger partial charge in [-0.25, -0.2) is 9.97 Å². The van der Waals surface area contributed by atoms with Gasteiger partial charge in [0.1, 0.15) is 11.3 Å². The Morgan fingerprint density at radius 1 is 1.31 bits per heavy atom. The van der Waals surface area contributed by atoms with Gasteiger partial charge in [0, 0.05) is 32.6 Å². The molecule has 0 unspecified atom stereocenters. The van der Waals surface area contributed by atoms with E-state index in [4.69, 9.17) is 4.98 Å². The van der Waals surface area contributed by atoms with Crippen LogP contribution in [0, 0.1) is 5.92 Å². The maximum absolute atomic E-state index is 12.4. The molecule has 0 atom stereocenters. The van der Waals surface area contributed by atoms with Gasteiger partial charge in [0.15, 0.2) is 5.82 Å². The minimum Gasteiger partial charge on any atom is -0.334 e. The van der Waals surface area contributed by atoms with E-state index < -0.39 is 0 Å². The summed E-state index contributed by atoms with van der Waals surface area (Å²) in [4.78, 5) is 28.1. The van der Waals surface area contributed by atoms with Crippen LogP contribution in [-0.2, 0) is 24.8 Å². The number of nitrogens with one attached hydrogen (secondary N) is 2. The number of hydrogen-bond acceptors (Lipinski definition) is 6. The molecule has 0 bridgehead atoms. The van der Waals surface area contributed by atoms with E-state index in [-0.39, 0.29) is 11.8 Å². The monoisotopic (exact) mass is 393 g/mol. The highest BCUT2D eigenvalue weighted by atomic mass is 16.2. The fraction of sp³-hybridized carbons (Fsp3) is 0.429. The SMILES string of the molecule is CCc1cc(CNC)ncc1N(C)c1cc2c(ncn2C)c(NC(=O)C2CC2)n1. The van der Waals surface area contributed by atoms with Crippen LogP contribution in [0.5, 0.6) is 0 Å². The van der Waals surface area contributed by atoms with Gasteiger partial charge in [-0.2, -0.15) is 0 Å². The fourth-order valence-corrected chi connectivity index (χ4v) is 3.46. The Morgan fingerprint density at radius 3 is 2.79 bits per heavy atom. The van der Waals surface area contributed by atoms with Crippen LogP contribution in [0.2, 0.25) is 0 Å². The van der Waals surface area contributed by atoms with Gasteiger partial charge in [0.2, 0.25) is 5.91 Å². The Labute approximate surface area is 170 Å². The highest BCUT2D eigenvalue weighted by Gasteiger charge is 2.30. The smallest absolute Gasteiger partial charge is 0.228 e. The number of carbonyl (C=O) groups excluding carboxylic acids is 1. The molecule has 0 radical (unpaired) electrons. The van der Waals surface area contributed by atoms with Crippen LogP contribution in [-0.4, -0.2) is 39.5 Å². The third-order valence-electron chi connectivity index (χ3n) is 5.36. The molecule has 3 aromatic rings. The number of nitrogens with zero attached hydrogens (tertiary/aromatic N) is 5. The van der Waals surface area contributed by atoms with Gasteiger partial charge in [-0.15, -0.1) is 0 Å². The Balaban J connectivity index is 1.74. The number of aryl methyl sites for hydroxylation is 2. The van der Waals surface area contributed by atoms with Crippen LogP contribution in [0.4, 0.5) is 17.3 Å². The van der Waals surface area contributed by atoms with E-state index in [1.807, 2.05) is 42.9 Å². The van der Waals surface area contributed by atoms with Crippen molar-refractivity contribution >= 4 is 34.3 Å². The van der Waals surface area contributed by atoms with Gasteiger partial charge in [0.25, 0.3) is 0 Å². The lowest BCUT2D eigenvalue weighted by atomic mass is 10.1. The summed E-state index contributed by atoms with van der Waals surface area (Å²) in [6.45, 7) is 2.86. The number of imidazole rings is 1. The largest absolute Gasteiger partial charge is 0.334 e. The first-order chi connectivity index (χ1) is 14.0. The molecule has 8 heteroatoms. The fourth-order valence-electron chi connectivity index (χ4n) is 3.46. The Kier molecular flexibility index (Phi) is 5.19. The van der Waals surface area contributed by atoms with Crippen LogP contribution in [0.1, 0.15) is 31.0 Å². The second kappa shape index (κ2) is 7.79. The summed E-state index contributed by atoms with van der Waals surface area (Å²) in [6.07, 6.45) is 6.41. The van der Waals surface area contributed by atoms with Crippen molar-refractivity contribution in [3.8, 4) is 0 Å². The van der Waals surface area contributed by atoms with Gasteiger partial charge in [-0.3, -0.25) is 9.78 Å². The predicted octanol–water partition coefficient (Wildman–Crippen LogP) is 2.76. The molecule has 1 amide bonds. The lowest BCUT2D eigenvalue weighted by Crippen LogP contribution is -2.18. The van der Waals surface area contributed by atoms with Crippen molar-refractivity contribution < 1.29 is 4.79 Å². The molecular weight excluding hydrogens is 366 g/mol. The van der Waals surface area contributed by atoms with E-state index in [1.165, 1.54) is 5.56 Å². The molecule has 8 nitrogen and oxygen atoms in total. The second-order valence-electron chi connectivity index (χ2n) is 7.56. The quantitative estimate of drug-likeness (QED) is 0.642. The van der Waals surface area contributed by atoms with Crippen LogP contribution in [0.15, 0.2) is 24.7 Å². The molecule has 4 rings (SSSR count). The van der Waals surface area contributed by atoms with Crippen molar-refractivity contribution in [2.75, 3.05) is 24.3 Å². The molecule has 1 fully saturated rings. The first-order valence-corrected chi connectivity index (χ1v) is 10.0. The second-order valence-corrected chi connectivity index (χ2v) is 7.56. The Bertz CT molecular complexity index is 1050. The van der Waals surface area contributed by atoms with Crippen molar-refractivity contribution in [1.29, 1.82) is 0 Å². The number of rotatable bonds is 7. The molecule has 29 heavy (non-hydrogen) atoms. The van der Waals surface area contributed by atoms with Gasteiger partial charge in [-0.1, -0.05) is 6.92 Å². The van der Waals surface area contributed by atoms with Crippen LogP contribution in [0.25, 0.3) is 11.0 Å². The average Bonchev–Trinajstić information content (AvgIpc) is 3.51. The average molecular weight is 393 g/mol. The number of pyridine rings is 2. The molecule has 3 heterocycles. The topological polar surface area (TPSA) is 88.0 Å². The maximum atomic E-state index is 12.4. The van der Waals surface area contributed by atoms with Crippen molar-refractivity contribution in [2.24, 2.45) is 13.0 Å². The molecule has 1 aliphatic carbocycles. The van der Waals surface area contributed by atoms with E-state index in [2.05, 4.69) is 33.6 Å². The molecule has 1 aliphatic rings. The molecule has 0 saturated heterocycles. The summed E-state index contributed by atoms with van der Waals surface area (Å²) in [5, 5.41) is 6.13. The first-order valence-electron chi connectivity index (χ1n) is 10.0. The number of amides is 1. The predicted molar refractivity (Wildman–Crippen MR) is 114 cm³/mol. The first kappa shape index (κ1) is 19.3. The van der Waals surface area contributed by atoms with Crippen molar-refractivity contribution in [2.45, 2.75) is 32.7 Å². The van der Waals surface area contributed by atoms with Gasteiger partial charge >= 0.3 is 0 Å². The molecule has 0 spiro atoms. The van der Waals surface area contributed by atoms with E-state index in [1.54, 1.807) is 6.33 Å². The number of anilines is 3. The summed E-state index contributed by atoms with van der Waals surface area (Å²) in [5.41, 5.74) is 4.83. The lowest BCUT2D eigenvalue weighted by molar-refractivity contribution is -0.117. The summed E-state index contributed by atoms with van der Waals surface area (Å²) in [7, 11) is 5.83. The van der Waals surface area contributed by atoms with Crippen LogP contribution < -0.4 is 15.5 Å². The van der Waals surface area contributed by atoms with E-state index in [9.17, 15) is 4.79 Å². The van der Waals surface area contributed by atoms with Crippen LogP contribution in [0.3, 0.4) is 0 Å². The summed E-state index contributed by atoms with van der Waals surface area (Å²) in [5.74, 6) is 1.38. The third-order valence-corrected chi connectivity index (χ3v) is 5.36. The van der Waals surface area contributed by atoms with E-state index in [0.717, 1.165) is 48.5 Å². The van der Waals surface area contributed by atoms with Gasteiger partial charge in [0.05, 0.1) is 29.4 Å². The standard InChI is InChI=1S/C21H27N7O/c1-5-13-8-15(10-22-2)23-11-17(13)28(4)18-9-16-19(24-12-27(16)3)20(25-18)26-21(29)14-6-7-14/h8-9,11-12,14,22H,5-7,10H2,1-4H3,(H,25,26,29). The lowest BCUT2D eigenvalue weighted by Gasteiger charge is -2.22. The summed E-state index contributed by atoms with van der Waals surface area (Å²) in [6, 6.07) is 4.12. The third kappa shape index (κ3) is 3.80. The van der Waals surface area contributed by atoms with Gasteiger partial charge in [-0.05, 0) is 37.9 Å². The normalized spacial score (nSPS) is 13.7. The minimum atomic E-state index is 0.0246. The molecule has 0 aromatic carbocycles. The molecule has 1 saturated carbocycles.